The van der Waals surface area contributed by atoms with Gasteiger partial charge in [-0.2, -0.15) is 0 Å². The Morgan fingerprint density at radius 2 is 1.91 bits per heavy atom. The first-order chi connectivity index (χ1) is 11.2. The molecule has 3 nitrogen and oxygen atoms in total. The molecule has 3 atom stereocenters. The van der Waals surface area contributed by atoms with E-state index < -0.39 is 0 Å². The fourth-order valence-corrected chi connectivity index (χ4v) is 4.38. The number of amides is 1. The summed E-state index contributed by atoms with van der Waals surface area (Å²) in [5.41, 5.74) is 11.0. The molecule has 1 amide bonds. The Balaban J connectivity index is 1.92. The van der Waals surface area contributed by atoms with Crippen LogP contribution in [0, 0.1) is 5.92 Å². The molecule has 3 N–H and O–H groups in total. The van der Waals surface area contributed by atoms with Crippen LogP contribution in [-0.4, -0.2) is 11.9 Å². The summed E-state index contributed by atoms with van der Waals surface area (Å²) in [6, 6.07) is 14.8. The Morgan fingerprint density at radius 3 is 2.65 bits per heavy atom. The number of nitrogens with one attached hydrogen (secondary N) is 1. The van der Waals surface area contributed by atoms with E-state index in [-0.39, 0.29) is 5.91 Å². The average Bonchev–Trinajstić information content (AvgIpc) is 2.96. The third-order valence-corrected chi connectivity index (χ3v) is 5.50. The maximum Gasteiger partial charge on any atom is 0.250 e. The fourth-order valence-electron chi connectivity index (χ4n) is 4.38. The highest BCUT2D eigenvalue weighted by molar-refractivity contribution is 6.01. The van der Waals surface area contributed by atoms with Gasteiger partial charge in [0.15, 0.2) is 0 Å². The Hall–Kier alpha value is -2.29. The van der Waals surface area contributed by atoms with Crippen LogP contribution < -0.4 is 11.1 Å². The normalized spacial score (nSPS) is 25.3. The van der Waals surface area contributed by atoms with E-state index in [1.54, 1.807) is 0 Å². The quantitative estimate of drug-likeness (QED) is 0.875. The first kappa shape index (κ1) is 14.3. The summed E-state index contributed by atoms with van der Waals surface area (Å²) >= 11 is 0. The van der Waals surface area contributed by atoms with Crippen LogP contribution >= 0.6 is 0 Å². The molecule has 0 aromatic heterocycles. The van der Waals surface area contributed by atoms with Crippen LogP contribution in [0.5, 0.6) is 0 Å². The molecule has 0 radical (unpaired) electrons. The predicted octanol–water partition coefficient (Wildman–Crippen LogP) is 4.15. The van der Waals surface area contributed by atoms with Crippen molar-refractivity contribution in [1.82, 2.24) is 0 Å². The van der Waals surface area contributed by atoms with E-state index in [0.29, 0.717) is 23.4 Å². The lowest BCUT2D eigenvalue weighted by Gasteiger charge is -2.32. The Labute approximate surface area is 136 Å². The number of carbonyl (C=O) groups is 1. The topological polar surface area (TPSA) is 55.1 Å². The van der Waals surface area contributed by atoms with Crippen LogP contribution in [0.3, 0.4) is 0 Å². The highest BCUT2D eigenvalue weighted by atomic mass is 16.1. The van der Waals surface area contributed by atoms with Gasteiger partial charge in [-0.15, -0.1) is 0 Å². The SMILES string of the molecule is C[C@H]1CCCC2c3c(-c4ccccc4)ccc(C(N)=O)c3NC21. The minimum absolute atomic E-state index is 0.348. The van der Waals surface area contributed by atoms with Crippen molar-refractivity contribution in [3.05, 3.63) is 53.6 Å². The number of benzene rings is 2. The van der Waals surface area contributed by atoms with Crippen LogP contribution in [0.2, 0.25) is 0 Å². The van der Waals surface area contributed by atoms with E-state index in [9.17, 15) is 4.79 Å². The van der Waals surface area contributed by atoms with Crippen LogP contribution in [0.15, 0.2) is 42.5 Å². The molecule has 1 saturated carbocycles. The summed E-state index contributed by atoms with van der Waals surface area (Å²) in [5, 5.41) is 3.65. The highest BCUT2D eigenvalue weighted by Crippen LogP contribution is 2.50. The van der Waals surface area contributed by atoms with Gasteiger partial charge in [-0.25, -0.2) is 0 Å². The van der Waals surface area contributed by atoms with Gasteiger partial charge in [-0.3, -0.25) is 4.79 Å². The molecule has 1 aliphatic heterocycles. The van der Waals surface area contributed by atoms with Gasteiger partial charge >= 0.3 is 0 Å². The number of primary amides is 1. The van der Waals surface area contributed by atoms with Gasteiger partial charge in [0.2, 0.25) is 0 Å². The van der Waals surface area contributed by atoms with Crippen LogP contribution in [0.4, 0.5) is 5.69 Å². The number of fused-ring (bicyclic) bond motifs is 3. The van der Waals surface area contributed by atoms with Crippen LogP contribution in [-0.2, 0) is 0 Å². The number of rotatable bonds is 2. The largest absolute Gasteiger partial charge is 0.381 e. The monoisotopic (exact) mass is 306 g/mol. The fraction of sp³-hybridized carbons (Fsp3) is 0.350. The molecule has 2 aliphatic rings. The number of carbonyl (C=O) groups excluding carboxylic acids is 1. The van der Waals surface area contributed by atoms with Crippen molar-refractivity contribution in [2.75, 3.05) is 5.32 Å². The van der Waals surface area contributed by atoms with Crippen LogP contribution in [0.1, 0.15) is 48.0 Å². The molecule has 1 heterocycles. The number of hydrogen-bond donors (Lipinski definition) is 2. The van der Waals surface area contributed by atoms with E-state index in [2.05, 4.69) is 42.6 Å². The molecular formula is C20H22N2O. The van der Waals surface area contributed by atoms with Crippen molar-refractivity contribution < 1.29 is 4.79 Å². The maximum atomic E-state index is 11.9. The zero-order chi connectivity index (χ0) is 16.0. The molecule has 0 saturated heterocycles. The molecule has 2 aromatic rings. The second kappa shape index (κ2) is 5.41. The van der Waals surface area contributed by atoms with Gasteiger partial charge in [0.1, 0.15) is 0 Å². The highest BCUT2D eigenvalue weighted by Gasteiger charge is 2.41. The molecule has 0 spiro atoms. The number of hydrogen-bond acceptors (Lipinski definition) is 2. The molecule has 1 fully saturated rings. The molecule has 4 rings (SSSR count). The molecule has 0 bridgehead atoms. The van der Waals surface area contributed by atoms with Gasteiger partial charge in [0, 0.05) is 12.0 Å². The molecule has 3 heteroatoms. The van der Waals surface area contributed by atoms with E-state index >= 15 is 0 Å². The minimum atomic E-state index is -0.348. The first-order valence-corrected chi connectivity index (χ1v) is 8.45. The zero-order valence-electron chi connectivity index (χ0n) is 13.4. The summed E-state index contributed by atoms with van der Waals surface area (Å²) < 4.78 is 0. The summed E-state index contributed by atoms with van der Waals surface area (Å²) in [5.74, 6) is 0.744. The van der Waals surface area contributed by atoms with Gasteiger partial charge in [0.05, 0.1) is 11.3 Å². The Kier molecular flexibility index (Phi) is 3.37. The summed E-state index contributed by atoms with van der Waals surface area (Å²) in [6.07, 6.45) is 3.67. The van der Waals surface area contributed by atoms with Crippen molar-refractivity contribution in [1.29, 1.82) is 0 Å². The number of nitrogens with two attached hydrogens (primary N) is 1. The van der Waals surface area contributed by atoms with Crippen molar-refractivity contribution in [2.24, 2.45) is 11.7 Å². The lowest BCUT2D eigenvalue weighted by molar-refractivity contribution is 0.100. The molecule has 1 aliphatic carbocycles. The summed E-state index contributed by atoms with van der Waals surface area (Å²) in [4.78, 5) is 11.9. The average molecular weight is 306 g/mol. The smallest absolute Gasteiger partial charge is 0.250 e. The number of anilines is 1. The van der Waals surface area contributed by atoms with E-state index in [0.717, 1.165) is 5.69 Å². The molecule has 118 valence electrons. The summed E-state index contributed by atoms with van der Waals surface area (Å²) in [7, 11) is 0. The Bertz CT molecular complexity index is 754. The molecule has 23 heavy (non-hydrogen) atoms. The molecular weight excluding hydrogens is 284 g/mol. The van der Waals surface area contributed by atoms with Crippen LogP contribution in [0.25, 0.3) is 11.1 Å². The van der Waals surface area contributed by atoms with Crippen molar-refractivity contribution in [3.8, 4) is 11.1 Å². The zero-order valence-corrected chi connectivity index (χ0v) is 13.4. The van der Waals surface area contributed by atoms with Crippen molar-refractivity contribution in [2.45, 2.75) is 38.1 Å². The lowest BCUT2D eigenvalue weighted by atomic mass is 9.75. The third-order valence-electron chi connectivity index (χ3n) is 5.50. The second-order valence-corrected chi connectivity index (χ2v) is 6.86. The third kappa shape index (κ3) is 2.23. The van der Waals surface area contributed by atoms with E-state index in [1.165, 1.54) is 36.0 Å². The van der Waals surface area contributed by atoms with Gasteiger partial charge in [-0.05, 0) is 41.5 Å². The minimum Gasteiger partial charge on any atom is -0.381 e. The molecule has 2 aromatic carbocycles. The summed E-state index contributed by atoms with van der Waals surface area (Å²) in [6.45, 7) is 2.31. The predicted molar refractivity (Wildman–Crippen MR) is 93.6 cm³/mol. The van der Waals surface area contributed by atoms with Gasteiger partial charge in [-0.1, -0.05) is 49.7 Å². The van der Waals surface area contributed by atoms with E-state index in [1.807, 2.05) is 12.1 Å². The van der Waals surface area contributed by atoms with Crippen molar-refractivity contribution in [3.63, 3.8) is 0 Å². The standard InChI is InChI=1S/C20H22N2O/c1-12-6-5-9-15-17-14(13-7-3-2-4-8-13)10-11-16(20(21)23)19(17)22-18(12)15/h2-4,7-8,10-12,15,18,22H,5-6,9H2,1H3,(H2,21,23)/t12-,15?,18?/m0/s1. The van der Waals surface area contributed by atoms with Gasteiger partial charge in [0.25, 0.3) is 5.91 Å². The van der Waals surface area contributed by atoms with E-state index in [4.69, 9.17) is 5.73 Å². The lowest BCUT2D eigenvalue weighted by Crippen LogP contribution is -2.32. The first-order valence-electron chi connectivity index (χ1n) is 8.45. The van der Waals surface area contributed by atoms with Gasteiger partial charge < -0.3 is 11.1 Å². The second-order valence-electron chi connectivity index (χ2n) is 6.86. The molecule has 2 unspecified atom stereocenters. The van der Waals surface area contributed by atoms with Crippen molar-refractivity contribution >= 4 is 11.6 Å². The maximum absolute atomic E-state index is 11.9. The Morgan fingerprint density at radius 1 is 1.13 bits per heavy atom.